The van der Waals surface area contributed by atoms with Crippen molar-refractivity contribution in [3.05, 3.63) is 89.6 Å². The summed E-state index contributed by atoms with van der Waals surface area (Å²) in [5.74, 6) is -0.305. The fourth-order valence-electron chi connectivity index (χ4n) is 4.12. The van der Waals surface area contributed by atoms with Gasteiger partial charge in [-0.3, -0.25) is 0 Å². The van der Waals surface area contributed by atoms with Crippen molar-refractivity contribution in [2.45, 2.75) is 57.9 Å². The number of aromatic nitrogens is 1. The van der Waals surface area contributed by atoms with Crippen molar-refractivity contribution in [2.24, 2.45) is 5.92 Å². The van der Waals surface area contributed by atoms with E-state index in [4.69, 9.17) is 9.15 Å². The number of carbonyl (C=O) groups is 2. The SMILES string of the molecule is COC(=O)c1coc(C(O)C(CCc2ccccc2)NCC(CC(C)C)NC(=O)OCc2ccccc2)n1. The molecule has 0 aliphatic heterocycles. The molecule has 0 saturated heterocycles. The Hall–Kier alpha value is -3.69. The number of methoxy groups -OCH3 is 1. The van der Waals surface area contributed by atoms with Gasteiger partial charge in [0.1, 0.15) is 19.0 Å². The maximum absolute atomic E-state index is 12.5. The van der Waals surface area contributed by atoms with Crippen LogP contribution in [-0.4, -0.2) is 47.9 Å². The summed E-state index contributed by atoms with van der Waals surface area (Å²) in [6, 6.07) is 18.7. The van der Waals surface area contributed by atoms with Gasteiger partial charge in [-0.15, -0.1) is 0 Å². The summed E-state index contributed by atoms with van der Waals surface area (Å²) >= 11 is 0. The average Bonchev–Trinajstić information content (AvgIpc) is 3.42. The quantitative estimate of drug-likeness (QED) is 0.265. The van der Waals surface area contributed by atoms with Gasteiger partial charge in [0.05, 0.1) is 7.11 Å². The fourth-order valence-corrected chi connectivity index (χ4v) is 4.12. The van der Waals surface area contributed by atoms with Crippen molar-refractivity contribution in [3.63, 3.8) is 0 Å². The van der Waals surface area contributed by atoms with Crippen molar-refractivity contribution in [2.75, 3.05) is 13.7 Å². The van der Waals surface area contributed by atoms with Gasteiger partial charge in [0.25, 0.3) is 0 Å². The van der Waals surface area contributed by atoms with E-state index in [-0.39, 0.29) is 24.2 Å². The van der Waals surface area contributed by atoms with Crippen LogP contribution in [0.25, 0.3) is 0 Å². The molecule has 204 valence electrons. The van der Waals surface area contributed by atoms with Crippen LogP contribution in [0.1, 0.15) is 60.3 Å². The number of benzene rings is 2. The molecule has 3 aromatic rings. The summed E-state index contributed by atoms with van der Waals surface area (Å²) in [5.41, 5.74) is 2.02. The standard InChI is InChI=1S/C29H37N3O6/c1-20(2)16-23(31-29(35)38-18-22-12-8-5-9-13-22)17-30-24(15-14-21-10-6-4-7-11-21)26(33)27-32-25(19-37-27)28(34)36-3/h4-13,19-20,23-24,26,30,33H,14-18H2,1-3H3,(H,31,35). The van der Waals surface area contributed by atoms with E-state index in [1.165, 1.54) is 13.4 Å². The molecular formula is C29H37N3O6. The van der Waals surface area contributed by atoms with Crippen LogP contribution in [0, 0.1) is 5.92 Å². The maximum Gasteiger partial charge on any atom is 0.407 e. The Bertz CT molecular complexity index is 1120. The van der Waals surface area contributed by atoms with E-state index >= 15 is 0 Å². The van der Waals surface area contributed by atoms with Crippen LogP contribution in [0.3, 0.4) is 0 Å². The Labute approximate surface area is 223 Å². The predicted molar refractivity (Wildman–Crippen MR) is 142 cm³/mol. The largest absolute Gasteiger partial charge is 0.464 e. The molecule has 0 bridgehead atoms. The molecule has 9 nitrogen and oxygen atoms in total. The number of hydrogen-bond acceptors (Lipinski definition) is 8. The third kappa shape index (κ3) is 9.32. The zero-order valence-corrected chi connectivity index (χ0v) is 22.1. The number of esters is 1. The smallest absolute Gasteiger partial charge is 0.407 e. The number of aryl methyl sites for hydroxylation is 1. The van der Waals surface area contributed by atoms with E-state index < -0.39 is 24.2 Å². The van der Waals surface area contributed by atoms with Gasteiger partial charge in [0.2, 0.25) is 5.89 Å². The first-order chi connectivity index (χ1) is 18.4. The second-order valence-corrected chi connectivity index (χ2v) is 9.58. The Morgan fingerprint density at radius 1 is 1.03 bits per heavy atom. The lowest BCUT2D eigenvalue weighted by molar-refractivity contribution is 0.0593. The van der Waals surface area contributed by atoms with E-state index in [9.17, 15) is 14.7 Å². The van der Waals surface area contributed by atoms with Gasteiger partial charge < -0.3 is 29.6 Å². The highest BCUT2D eigenvalue weighted by molar-refractivity contribution is 5.86. The molecule has 3 rings (SSSR count). The molecule has 3 atom stereocenters. The van der Waals surface area contributed by atoms with Crippen LogP contribution in [0.15, 0.2) is 71.3 Å². The van der Waals surface area contributed by atoms with Crippen LogP contribution >= 0.6 is 0 Å². The van der Waals surface area contributed by atoms with Gasteiger partial charge in [-0.1, -0.05) is 74.5 Å². The zero-order valence-electron chi connectivity index (χ0n) is 22.1. The first kappa shape index (κ1) is 28.9. The highest BCUT2D eigenvalue weighted by Crippen LogP contribution is 2.21. The molecule has 2 aromatic carbocycles. The highest BCUT2D eigenvalue weighted by Gasteiger charge is 2.28. The number of alkyl carbamates (subject to hydrolysis) is 1. The van der Waals surface area contributed by atoms with Crippen molar-refractivity contribution in [3.8, 4) is 0 Å². The number of nitrogens with zero attached hydrogens (tertiary/aromatic N) is 1. The molecule has 1 aromatic heterocycles. The van der Waals surface area contributed by atoms with Gasteiger partial charge in [-0.25, -0.2) is 14.6 Å². The highest BCUT2D eigenvalue weighted by atomic mass is 16.5. The van der Waals surface area contributed by atoms with Gasteiger partial charge in [0.15, 0.2) is 5.69 Å². The molecular weight excluding hydrogens is 486 g/mol. The topological polar surface area (TPSA) is 123 Å². The lowest BCUT2D eigenvalue weighted by atomic mass is 9.99. The van der Waals surface area contributed by atoms with Crippen LogP contribution in [0.4, 0.5) is 4.79 Å². The third-order valence-electron chi connectivity index (χ3n) is 6.05. The Balaban J connectivity index is 1.66. The molecule has 3 unspecified atom stereocenters. The van der Waals surface area contributed by atoms with Crippen molar-refractivity contribution in [1.82, 2.24) is 15.6 Å². The molecule has 0 radical (unpaired) electrons. The van der Waals surface area contributed by atoms with Crippen LogP contribution in [-0.2, 0) is 22.5 Å². The third-order valence-corrected chi connectivity index (χ3v) is 6.05. The first-order valence-corrected chi connectivity index (χ1v) is 12.8. The fraction of sp³-hybridized carbons (Fsp3) is 0.414. The number of nitrogens with one attached hydrogen (secondary N) is 2. The molecule has 1 heterocycles. The van der Waals surface area contributed by atoms with Gasteiger partial charge >= 0.3 is 12.1 Å². The molecule has 9 heteroatoms. The summed E-state index contributed by atoms with van der Waals surface area (Å²) in [6.45, 7) is 4.72. The van der Waals surface area contributed by atoms with Crippen molar-refractivity contribution in [1.29, 1.82) is 0 Å². The van der Waals surface area contributed by atoms with E-state index in [2.05, 4.69) is 34.2 Å². The molecule has 0 aliphatic rings. The number of ether oxygens (including phenoxy) is 2. The second-order valence-electron chi connectivity index (χ2n) is 9.58. The summed E-state index contributed by atoms with van der Waals surface area (Å²) in [6.07, 6.45) is 1.51. The number of oxazole rings is 1. The minimum Gasteiger partial charge on any atom is -0.464 e. The van der Waals surface area contributed by atoms with Crippen molar-refractivity contribution < 1.29 is 28.6 Å². The van der Waals surface area contributed by atoms with Crippen LogP contribution in [0.5, 0.6) is 0 Å². The lowest BCUT2D eigenvalue weighted by Crippen LogP contribution is -2.47. The summed E-state index contributed by atoms with van der Waals surface area (Å²) in [5, 5.41) is 17.5. The normalized spacial score (nSPS) is 13.5. The van der Waals surface area contributed by atoms with Gasteiger partial charge in [0, 0.05) is 18.6 Å². The molecule has 3 N–H and O–H groups in total. The average molecular weight is 524 g/mol. The molecule has 0 saturated carbocycles. The number of hydrogen-bond donors (Lipinski definition) is 3. The molecule has 0 fully saturated rings. The van der Waals surface area contributed by atoms with E-state index in [0.717, 1.165) is 11.1 Å². The number of amides is 1. The zero-order chi connectivity index (χ0) is 27.3. The maximum atomic E-state index is 12.5. The monoisotopic (exact) mass is 523 g/mol. The summed E-state index contributed by atoms with van der Waals surface area (Å²) in [4.78, 5) is 28.4. The summed E-state index contributed by atoms with van der Waals surface area (Å²) in [7, 11) is 1.25. The van der Waals surface area contributed by atoms with E-state index in [0.29, 0.717) is 31.7 Å². The number of carbonyl (C=O) groups excluding carboxylic acids is 2. The Kier molecular flexibility index (Phi) is 11.3. The predicted octanol–water partition coefficient (Wildman–Crippen LogP) is 4.43. The molecule has 0 spiro atoms. The molecule has 38 heavy (non-hydrogen) atoms. The molecule has 0 aliphatic carbocycles. The number of aliphatic hydroxyl groups excluding tert-OH is 1. The van der Waals surface area contributed by atoms with E-state index in [1.54, 1.807) is 0 Å². The number of rotatable bonds is 14. The summed E-state index contributed by atoms with van der Waals surface area (Å²) < 4.78 is 15.5. The molecule has 1 amide bonds. The first-order valence-electron chi connectivity index (χ1n) is 12.8. The van der Waals surface area contributed by atoms with Gasteiger partial charge in [-0.05, 0) is 36.3 Å². The number of aliphatic hydroxyl groups is 1. The second kappa shape index (κ2) is 14.9. The van der Waals surface area contributed by atoms with Crippen molar-refractivity contribution >= 4 is 12.1 Å². The minimum absolute atomic E-state index is 0.0103. The lowest BCUT2D eigenvalue weighted by Gasteiger charge is -2.27. The van der Waals surface area contributed by atoms with Gasteiger partial charge in [-0.2, -0.15) is 0 Å². The Morgan fingerprint density at radius 3 is 2.32 bits per heavy atom. The van der Waals surface area contributed by atoms with Crippen LogP contribution < -0.4 is 10.6 Å². The van der Waals surface area contributed by atoms with E-state index in [1.807, 2.05) is 60.7 Å². The Morgan fingerprint density at radius 2 is 1.68 bits per heavy atom. The minimum atomic E-state index is -1.12. The van der Waals surface area contributed by atoms with Crippen LogP contribution in [0.2, 0.25) is 0 Å².